The summed E-state index contributed by atoms with van der Waals surface area (Å²) in [6, 6.07) is 0. The van der Waals surface area contributed by atoms with Crippen molar-refractivity contribution in [1.29, 1.82) is 0 Å². The van der Waals surface area contributed by atoms with Crippen molar-refractivity contribution in [2.45, 2.75) is 45.6 Å². The molecule has 7 heteroatoms. The average Bonchev–Trinajstić information content (AvgIpc) is 2.87. The molecule has 0 saturated carbocycles. The van der Waals surface area contributed by atoms with Crippen molar-refractivity contribution in [3.63, 3.8) is 0 Å². The van der Waals surface area contributed by atoms with Crippen LogP contribution < -0.4 is 10.6 Å². The summed E-state index contributed by atoms with van der Waals surface area (Å²) in [6.07, 6.45) is 2.72. The van der Waals surface area contributed by atoms with E-state index in [0.717, 1.165) is 43.1 Å². The average molecular weight is 354 g/mol. The maximum atomic E-state index is 12.4. The van der Waals surface area contributed by atoms with Crippen LogP contribution in [0.5, 0.6) is 0 Å². The highest BCUT2D eigenvalue weighted by Gasteiger charge is 2.32. The van der Waals surface area contributed by atoms with Gasteiger partial charge in [-0.2, -0.15) is 0 Å². The molecule has 1 aliphatic rings. The van der Waals surface area contributed by atoms with Gasteiger partial charge in [-0.25, -0.2) is 4.98 Å². The molecule has 1 unspecified atom stereocenters. The van der Waals surface area contributed by atoms with Crippen LogP contribution in [-0.4, -0.2) is 24.0 Å². The highest BCUT2D eigenvalue weighted by molar-refractivity contribution is 7.09. The van der Waals surface area contributed by atoms with Gasteiger partial charge in [0.05, 0.1) is 5.54 Å². The van der Waals surface area contributed by atoms with Crippen LogP contribution in [0.3, 0.4) is 0 Å². The number of hydrogen-bond acceptors (Lipinski definition) is 4. The lowest BCUT2D eigenvalue weighted by Crippen LogP contribution is -2.47. The molecular formula is C14H25Cl2N3OS. The Morgan fingerprint density at radius 2 is 2.10 bits per heavy atom. The number of thiazole rings is 1. The molecule has 1 aromatic rings. The molecule has 1 saturated heterocycles. The Kier molecular flexibility index (Phi) is 8.78. The van der Waals surface area contributed by atoms with E-state index in [-0.39, 0.29) is 42.2 Å². The standard InChI is InChI=1S/C14H23N3OS.2ClH/c1-4-14(3,13-16-10(2)9-19-13)17-12(18)11-5-7-15-8-6-11;;/h9,11,15H,4-8H2,1-3H3,(H,17,18);2*1H. The van der Waals surface area contributed by atoms with Crippen LogP contribution in [0.2, 0.25) is 0 Å². The minimum atomic E-state index is -0.332. The largest absolute Gasteiger partial charge is 0.344 e. The molecule has 0 aliphatic carbocycles. The van der Waals surface area contributed by atoms with Gasteiger partial charge in [0.2, 0.25) is 5.91 Å². The van der Waals surface area contributed by atoms with E-state index in [2.05, 4.69) is 29.5 Å². The van der Waals surface area contributed by atoms with E-state index in [4.69, 9.17) is 0 Å². The van der Waals surface area contributed by atoms with Gasteiger partial charge in [-0.05, 0) is 46.2 Å². The van der Waals surface area contributed by atoms with Crippen LogP contribution in [0.25, 0.3) is 0 Å². The molecule has 1 aromatic heterocycles. The number of aromatic nitrogens is 1. The molecule has 1 amide bonds. The first-order valence-corrected chi connectivity index (χ1v) is 7.88. The topological polar surface area (TPSA) is 54.0 Å². The van der Waals surface area contributed by atoms with Gasteiger partial charge in [-0.15, -0.1) is 36.2 Å². The molecule has 122 valence electrons. The van der Waals surface area contributed by atoms with Crippen LogP contribution >= 0.6 is 36.2 Å². The molecule has 0 aromatic carbocycles. The third-order valence-corrected chi connectivity index (χ3v) is 5.13. The number of piperidine rings is 1. The third kappa shape index (κ3) is 5.09. The summed E-state index contributed by atoms with van der Waals surface area (Å²) >= 11 is 1.63. The van der Waals surface area contributed by atoms with Crippen molar-refractivity contribution in [1.82, 2.24) is 15.6 Å². The number of hydrogen-bond donors (Lipinski definition) is 2. The highest BCUT2D eigenvalue weighted by atomic mass is 35.5. The Balaban J connectivity index is 0.00000200. The fourth-order valence-corrected chi connectivity index (χ4v) is 3.35. The Hall–Kier alpha value is -0.360. The first-order valence-electron chi connectivity index (χ1n) is 7.00. The number of nitrogens with one attached hydrogen (secondary N) is 2. The van der Waals surface area contributed by atoms with E-state index in [1.165, 1.54) is 0 Å². The summed E-state index contributed by atoms with van der Waals surface area (Å²) in [4.78, 5) is 16.9. The molecule has 1 atom stereocenters. The predicted molar refractivity (Wildman–Crippen MR) is 92.7 cm³/mol. The van der Waals surface area contributed by atoms with Gasteiger partial charge in [0.1, 0.15) is 5.01 Å². The van der Waals surface area contributed by atoms with Gasteiger partial charge in [0.25, 0.3) is 0 Å². The molecule has 0 spiro atoms. The van der Waals surface area contributed by atoms with Gasteiger partial charge >= 0.3 is 0 Å². The zero-order chi connectivity index (χ0) is 13.9. The predicted octanol–water partition coefficient (Wildman–Crippen LogP) is 3.04. The van der Waals surface area contributed by atoms with E-state index >= 15 is 0 Å². The van der Waals surface area contributed by atoms with Gasteiger partial charge in [0.15, 0.2) is 0 Å². The zero-order valence-corrected chi connectivity index (χ0v) is 15.2. The van der Waals surface area contributed by atoms with E-state index < -0.39 is 0 Å². The van der Waals surface area contributed by atoms with E-state index in [9.17, 15) is 4.79 Å². The van der Waals surface area contributed by atoms with Crippen LogP contribution in [0.15, 0.2) is 5.38 Å². The van der Waals surface area contributed by atoms with E-state index in [1.807, 2.05) is 12.3 Å². The SMILES string of the molecule is CCC(C)(NC(=O)C1CCNCC1)c1nc(C)cs1.Cl.Cl. The quantitative estimate of drug-likeness (QED) is 0.874. The summed E-state index contributed by atoms with van der Waals surface area (Å²) in [6.45, 7) is 8.04. The van der Waals surface area contributed by atoms with Crippen LogP contribution in [0, 0.1) is 12.8 Å². The Morgan fingerprint density at radius 3 is 2.57 bits per heavy atom. The first kappa shape index (κ1) is 20.6. The fourth-order valence-electron chi connectivity index (χ4n) is 2.36. The van der Waals surface area contributed by atoms with Crippen molar-refractivity contribution in [3.8, 4) is 0 Å². The second-order valence-corrected chi connectivity index (χ2v) is 6.35. The number of nitrogens with zero attached hydrogens (tertiary/aromatic N) is 1. The van der Waals surface area contributed by atoms with Gasteiger partial charge in [-0.3, -0.25) is 4.79 Å². The molecule has 1 fully saturated rings. The van der Waals surface area contributed by atoms with Crippen LogP contribution in [-0.2, 0) is 10.3 Å². The number of halogens is 2. The second-order valence-electron chi connectivity index (χ2n) is 5.49. The fraction of sp³-hybridized carbons (Fsp3) is 0.714. The Morgan fingerprint density at radius 1 is 1.48 bits per heavy atom. The van der Waals surface area contributed by atoms with E-state index in [1.54, 1.807) is 11.3 Å². The molecule has 1 aliphatic heterocycles. The molecule has 0 radical (unpaired) electrons. The van der Waals surface area contributed by atoms with Crippen molar-refractivity contribution in [3.05, 3.63) is 16.1 Å². The zero-order valence-electron chi connectivity index (χ0n) is 12.8. The first-order chi connectivity index (χ1) is 9.05. The monoisotopic (exact) mass is 353 g/mol. The number of carbonyl (C=O) groups is 1. The molecule has 2 heterocycles. The smallest absolute Gasteiger partial charge is 0.223 e. The van der Waals surface area contributed by atoms with Crippen molar-refractivity contribution >= 4 is 42.1 Å². The van der Waals surface area contributed by atoms with E-state index in [0.29, 0.717) is 0 Å². The van der Waals surface area contributed by atoms with Crippen LogP contribution in [0.1, 0.15) is 43.8 Å². The minimum absolute atomic E-state index is 0. The van der Waals surface area contributed by atoms with Crippen LogP contribution in [0.4, 0.5) is 0 Å². The second kappa shape index (κ2) is 8.93. The molecule has 2 rings (SSSR count). The summed E-state index contributed by atoms with van der Waals surface area (Å²) in [5, 5.41) is 9.57. The third-order valence-electron chi connectivity index (χ3n) is 3.91. The number of carbonyl (C=O) groups excluding carboxylic acids is 1. The summed E-state index contributed by atoms with van der Waals surface area (Å²) < 4.78 is 0. The Labute approximate surface area is 143 Å². The summed E-state index contributed by atoms with van der Waals surface area (Å²) in [5.74, 6) is 0.326. The van der Waals surface area contributed by atoms with Gasteiger partial charge in [0, 0.05) is 17.0 Å². The lowest BCUT2D eigenvalue weighted by Gasteiger charge is -2.31. The van der Waals surface area contributed by atoms with Crippen molar-refractivity contribution in [2.75, 3.05) is 13.1 Å². The molecule has 0 bridgehead atoms. The molecule has 4 nitrogen and oxygen atoms in total. The maximum Gasteiger partial charge on any atom is 0.223 e. The Bertz CT molecular complexity index is 449. The normalized spacial score (nSPS) is 18.0. The lowest BCUT2D eigenvalue weighted by molar-refractivity contribution is -0.127. The summed E-state index contributed by atoms with van der Waals surface area (Å²) in [5.41, 5.74) is 0.691. The molecule has 2 N–H and O–H groups in total. The number of amides is 1. The molecular weight excluding hydrogens is 329 g/mol. The van der Waals surface area contributed by atoms with Gasteiger partial charge < -0.3 is 10.6 Å². The lowest BCUT2D eigenvalue weighted by atomic mass is 9.93. The highest BCUT2D eigenvalue weighted by Crippen LogP contribution is 2.28. The molecule has 21 heavy (non-hydrogen) atoms. The van der Waals surface area contributed by atoms with Crippen molar-refractivity contribution in [2.24, 2.45) is 5.92 Å². The maximum absolute atomic E-state index is 12.4. The van der Waals surface area contributed by atoms with Gasteiger partial charge in [-0.1, -0.05) is 6.92 Å². The van der Waals surface area contributed by atoms with Crippen molar-refractivity contribution < 1.29 is 4.79 Å². The summed E-state index contributed by atoms with van der Waals surface area (Å²) in [7, 11) is 0. The minimum Gasteiger partial charge on any atom is -0.344 e. The number of aryl methyl sites for hydroxylation is 1. The number of rotatable bonds is 4.